The van der Waals surface area contributed by atoms with Crippen LogP contribution in [0.25, 0.3) is 11.6 Å². The molecule has 1 atom stereocenters. The number of hydrogen-bond donors (Lipinski definition) is 3. The molecule has 2 aliphatic heterocycles. The van der Waals surface area contributed by atoms with Crippen LogP contribution < -0.4 is 10.6 Å². The minimum absolute atomic E-state index is 0.0153. The molecule has 0 radical (unpaired) electrons. The number of aromatic nitrogens is 1. The van der Waals surface area contributed by atoms with Gasteiger partial charge in [-0.05, 0) is 30.7 Å². The summed E-state index contributed by atoms with van der Waals surface area (Å²) in [4.78, 5) is 27.9. The molecule has 1 saturated heterocycles. The minimum Gasteiger partial charge on any atom is -0.362 e. The van der Waals surface area contributed by atoms with Crippen molar-refractivity contribution < 1.29 is 18.0 Å². The quantitative estimate of drug-likeness (QED) is 0.704. The lowest BCUT2D eigenvalue weighted by atomic mass is 10.1. The molecule has 3 N–H and O–H groups in total. The topological polar surface area (TPSA) is 108 Å². The summed E-state index contributed by atoms with van der Waals surface area (Å²) < 4.78 is 23.0. The number of amides is 2. The van der Waals surface area contributed by atoms with Gasteiger partial charge >= 0.3 is 0 Å². The Balaban J connectivity index is 1.56. The van der Waals surface area contributed by atoms with E-state index in [2.05, 4.69) is 15.6 Å². The summed E-state index contributed by atoms with van der Waals surface area (Å²) in [6.07, 6.45) is 3.94. The van der Waals surface area contributed by atoms with Crippen molar-refractivity contribution in [2.24, 2.45) is 0 Å². The number of sulfone groups is 1. The van der Waals surface area contributed by atoms with Gasteiger partial charge < -0.3 is 15.6 Å². The number of anilines is 1. The first kappa shape index (κ1) is 16.1. The summed E-state index contributed by atoms with van der Waals surface area (Å²) in [6.45, 7) is 0. The monoisotopic (exact) mass is 377 g/mol. The first-order valence-corrected chi connectivity index (χ1v) is 10.4. The van der Waals surface area contributed by atoms with Gasteiger partial charge in [0.15, 0.2) is 9.84 Å². The SMILES string of the molecule is O=C1Nc2sc(C(=O)N[C@@H]3CCS(=O)(=O)C3)cc2/C1=C\c1ccc[nH]1. The van der Waals surface area contributed by atoms with Crippen molar-refractivity contribution in [1.29, 1.82) is 0 Å². The molecule has 0 bridgehead atoms. The second-order valence-corrected chi connectivity index (χ2v) is 9.35. The van der Waals surface area contributed by atoms with Gasteiger partial charge in [0.05, 0.1) is 22.0 Å². The van der Waals surface area contributed by atoms with Crippen LogP contribution in [0.1, 0.15) is 27.3 Å². The Bertz CT molecular complexity index is 987. The Labute approximate surface area is 148 Å². The predicted octanol–water partition coefficient (Wildman–Crippen LogP) is 1.49. The van der Waals surface area contributed by atoms with Crippen LogP contribution in [-0.2, 0) is 14.6 Å². The molecule has 2 amide bonds. The van der Waals surface area contributed by atoms with Gasteiger partial charge in [-0.3, -0.25) is 9.59 Å². The summed E-state index contributed by atoms with van der Waals surface area (Å²) in [5, 5.41) is 6.16. The molecule has 0 saturated carbocycles. The number of carbonyl (C=O) groups is 2. The second-order valence-electron chi connectivity index (χ2n) is 6.06. The molecule has 0 aromatic carbocycles. The van der Waals surface area contributed by atoms with Gasteiger partial charge in [-0.25, -0.2) is 8.42 Å². The zero-order chi connectivity index (χ0) is 17.6. The number of aromatic amines is 1. The van der Waals surface area contributed by atoms with E-state index in [1.807, 2.05) is 12.1 Å². The van der Waals surface area contributed by atoms with Crippen molar-refractivity contribution in [3.8, 4) is 0 Å². The van der Waals surface area contributed by atoms with E-state index in [0.29, 0.717) is 27.4 Å². The van der Waals surface area contributed by atoms with E-state index >= 15 is 0 Å². The Kier molecular flexibility index (Phi) is 3.77. The van der Waals surface area contributed by atoms with Crippen molar-refractivity contribution in [2.45, 2.75) is 12.5 Å². The predicted molar refractivity (Wildman–Crippen MR) is 96.1 cm³/mol. The molecule has 7 nitrogen and oxygen atoms in total. The van der Waals surface area contributed by atoms with E-state index < -0.39 is 9.84 Å². The Morgan fingerprint density at radius 3 is 2.92 bits per heavy atom. The van der Waals surface area contributed by atoms with Crippen LogP contribution in [0.2, 0.25) is 0 Å². The summed E-state index contributed by atoms with van der Waals surface area (Å²) in [5.41, 5.74) is 1.98. The molecular formula is C16H15N3O4S2. The Morgan fingerprint density at radius 2 is 2.24 bits per heavy atom. The highest BCUT2D eigenvalue weighted by atomic mass is 32.2. The van der Waals surface area contributed by atoms with Crippen LogP contribution >= 0.6 is 11.3 Å². The smallest absolute Gasteiger partial charge is 0.261 e. The van der Waals surface area contributed by atoms with E-state index in [1.54, 1.807) is 18.3 Å². The van der Waals surface area contributed by atoms with Gasteiger partial charge in [-0.15, -0.1) is 11.3 Å². The summed E-state index contributed by atoms with van der Waals surface area (Å²) in [5.74, 6) is -0.420. The molecule has 25 heavy (non-hydrogen) atoms. The zero-order valence-corrected chi connectivity index (χ0v) is 14.7. The van der Waals surface area contributed by atoms with E-state index in [9.17, 15) is 18.0 Å². The van der Waals surface area contributed by atoms with E-state index in [0.717, 1.165) is 5.69 Å². The van der Waals surface area contributed by atoms with Crippen molar-refractivity contribution in [3.05, 3.63) is 40.5 Å². The van der Waals surface area contributed by atoms with Crippen molar-refractivity contribution in [2.75, 3.05) is 16.8 Å². The number of H-pyrrole nitrogens is 1. The molecule has 2 aliphatic rings. The van der Waals surface area contributed by atoms with Crippen molar-refractivity contribution in [3.63, 3.8) is 0 Å². The third-order valence-electron chi connectivity index (χ3n) is 4.21. The molecular weight excluding hydrogens is 362 g/mol. The number of carbonyl (C=O) groups excluding carboxylic acids is 2. The molecule has 0 unspecified atom stereocenters. The van der Waals surface area contributed by atoms with Crippen LogP contribution in [-0.4, -0.2) is 42.8 Å². The number of hydrogen-bond acceptors (Lipinski definition) is 5. The largest absolute Gasteiger partial charge is 0.362 e. The summed E-state index contributed by atoms with van der Waals surface area (Å²) in [7, 11) is -3.05. The van der Waals surface area contributed by atoms with Crippen LogP contribution in [0.5, 0.6) is 0 Å². The van der Waals surface area contributed by atoms with Crippen LogP contribution in [0, 0.1) is 0 Å². The van der Waals surface area contributed by atoms with Gasteiger partial charge in [-0.1, -0.05) is 0 Å². The van der Waals surface area contributed by atoms with Crippen LogP contribution in [0.3, 0.4) is 0 Å². The fourth-order valence-corrected chi connectivity index (χ4v) is 5.63. The normalized spacial score (nSPS) is 22.8. The highest BCUT2D eigenvalue weighted by Gasteiger charge is 2.32. The maximum Gasteiger partial charge on any atom is 0.261 e. The van der Waals surface area contributed by atoms with Gasteiger partial charge in [0.2, 0.25) is 0 Å². The summed E-state index contributed by atoms with van der Waals surface area (Å²) >= 11 is 1.19. The third-order valence-corrected chi connectivity index (χ3v) is 7.02. The lowest BCUT2D eigenvalue weighted by Crippen LogP contribution is -2.35. The fraction of sp³-hybridized carbons (Fsp3) is 0.250. The first-order valence-electron chi connectivity index (χ1n) is 7.73. The maximum absolute atomic E-state index is 12.4. The third kappa shape index (κ3) is 3.12. The van der Waals surface area contributed by atoms with Crippen LogP contribution in [0.15, 0.2) is 24.4 Å². The molecule has 0 aliphatic carbocycles. The van der Waals surface area contributed by atoms with Gasteiger partial charge in [0.25, 0.3) is 11.8 Å². The molecule has 2 aromatic rings. The Morgan fingerprint density at radius 1 is 1.40 bits per heavy atom. The molecule has 0 spiro atoms. The zero-order valence-electron chi connectivity index (χ0n) is 13.0. The minimum atomic E-state index is -3.05. The highest BCUT2D eigenvalue weighted by Crippen LogP contribution is 2.39. The molecule has 4 heterocycles. The van der Waals surface area contributed by atoms with Crippen molar-refractivity contribution in [1.82, 2.24) is 10.3 Å². The molecule has 9 heteroatoms. The standard InChI is InChI=1S/C16H15N3O4S2/c20-14-11(6-9-2-1-4-17-9)12-7-13(24-16(12)19-14)15(21)18-10-3-5-25(22,23)8-10/h1-2,4,6-7,10,17H,3,5,8H2,(H,18,21)(H,19,20)/b11-6+/t10-/m1/s1. The number of thiophene rings is 1. The first-order chi connectivity index (χ1) is 11.9. The molecule has 2 aromatic heterocycles. The lowest BCUT2D eigenvalue weighted by Gasteiger charge is -2.09. The van der Waals surface area contributed by atoms with Gasteiger partial charge in [0, 0.05) is 23.5 Å². The van der Waals surface area contributed by atoms with E-state index in [4.69, 9.17) is 0 Å². The average molecular weight is 377 g/mol. The van der Waals surface area contributed by atoms with E-state index in [1.165, 1.54) is 11.3 Å². The molecule has 1 fully saturated rings. The van der Waals surface area contributed by atoms with Crippen molar-refractivity contribution >= 4 is 49.6 Å². The maximum atomic E-state index is 12.4. The Hall–Kier alpha value is -2.39. The van der Waals surface area contributed by atoms with E-state index in [-0.39, 0.29) is 29.4 Å². The van der Waals surface area contributed by atoms with Gasteiger partial charge in [0.1, 0.15) is 5.00 Å². The number of nitrogens with one attached hydrogen (secondary N) is 3. The second kappa shape index (κ2) is 5.85. The van der Waals surface area contributed by atoms with Crippen LogP contribution in [0.4, 0.5) is 5.00 Å². The lowest BCUT2D eigenvalue weighted by molar-refractivity contribution is -0.110. The molecule has 130 valence electrons. The number of fused-ring (bicyclic) bond motifs is 1. The fourth-order valence-electron chi connectivity index (χ4n) is 2.99. The van der Waals surface area contributed by atoms with Gasteiger partial charge in [-0.2, -0.15) is 0 Å². The highest BCUT2D eigenvalue weighted by molar-refractivity contribution is 7.91. The summed E-state index contributed by atoms with van der Waals surface area (Å²) in [6, 6.07) is 5.00. The molecule has 4 rings (SSSR count). The number of rotatable bonds is 3. The average Bonchev–Trinajstić information content (AvgIpc) is 3.28.